The Hall–Kier alpha value is -3.20. The zero-order valence-electron chi connectivity index (χ0n) is 14.3. The highest BCUT2D eigenvalue weighted by Crippen LogP contribution is 2.26. The number of methoxy groups -OCH3 is 2. The van der Waals surface area contributed by atoms with Crippen molar-refractivity contribution in [3.63, 3.8) is 0 Å². The third kappa shape index (κ3) is 4.42. The minimum absolute atomic E-state index is 0.725. The Labute approximate surface area is 148 Å². The standard InChI is InChI=1S/C22H20O3/c1-23-19-13-11-17(12-14-19)15-22(18-7-4-3-5-8-18)25-21-10-6-9-20(16-21)24-2/h3-16H,1-2H3/b22-15-. The lowest BCUT2D eigenvalue weighted by Crippen LogP contribution is -1.95. The molecule has 0 aliphatic carbocycles. The molecule has 3 heteroatoms. The number of hydrogen-bond donors (Lipinski definition) is 0. The van der Waals surface area contributed by atoms with Crippen LogP contribution in [0.3, 0.4) is 0 Å². The predicted octanol–water partition coefficient (Wildman–Crippen LogP) is 5.28. The maximum absolute atomic E-state index is 6.15. The molecule has 25 heavy (non-hydrogen) atoms. The molecule has 3 aromatic carbocycles. The van der Waals surface area contributed by atoms with E-state index in [1.54, 1.807) is 14.2 Å². The molecule has 0 aliphatic rings. The maximum atomic E-state index is 6.15. The van der Waals surface area contributed by atoms with Gasteiger partial charge < -0.3 is 14.2 Å². The molecule has 0 radical (unpaired) electrons. The quantitative estimate of drug-likeness (QED) is 0.454. The molecule has 0 amide bonds. The minimum atomic E-state index is 0.725. The molecule has 0 fully saturated rings. The van der Waals surface area contributed by atoms with Gasteiger partial charge in [0.1, 0.15) is 23.0 Å². The highest BCUT2D eigenvalue weighted by atomic mass is 16.5. The first-order valence-corrected chi connectivity index (χ1v) is 8.01. The van der Waals surface area contributed by atoms with Gasteiger partial charge in [0, 0.05) is 11.6 Å². The summed E-state index contributed by atoms with van der Waals surface area (Å²) in [5, 5.41) is 0. The molecule has 0 atom stereocenters. The second-order valence-electron chi connectivity index (χ2n) is 5.43. The molecule has 0 bridgehead atoms. The predicted molar refractivity (Wildman–Crippen MR) is 101 cm³/mol. The molecule has 126 valence electrons. The minimum Gasteiger partial charge on any atom is -0.497 e. The average Bonchev–Trinajstić information content (AvgIpc) is 2.69. The van der Waals surface area contributed by atoms with Gasteiger partial charge in [-0.25, -0.2) is 0 Å². The molecule has 0 saturated carbocycles. The summed E-state index contributed by atoms with van der Waals surface area (Å²) >= 11 is 0. The Morgan fingerprint density at radius 1 is 0.680 bits per heavy atom. The lowest BCUT2D eigenvalue weighted by Gasteiger charge is -2.12. The maximum Gasteiger partial charge on any atom is 0.135 e. The Morgan fingerprint density at radius 3 is 2.04 bits per heavy atom. The molecule has 3 aromatic rings. The van der Waals surface area contributed by atoms with E-state index in [4.69, 9.17) is 14.2 Å². The van der Waals surface area contributed by atoms with Crippen LogP contribution in [0.25, 0.3) is 11.8 Å². The van der Waals surface area contributed by atoms with Crippen LogP contribution in [-0.2, 0) is 0 Å². The largest absolute Gasteiger partial charge is 0.497 e. The van der Waals surface area contributed by atoms with Crippen molar-refractivity contribution >= 4 is 11.8 Å². The van der Waals surface area contributed by atoms with Crippen LogP contribution in [0.2, 0.25) is 0 Å². The fourth-order valence-electron chi connectivity index (χ4n) is 2.42. The van der Waals surface area contributed by atoms with E-state index in [2.05, 4.69) is 0 Å². The van der Waals surface area contributed by atoms with Crippen molar-refractivity contribution in [2.75, 3.05) is 14.2 Å². The summed E-state index contributed by atoms with van der Waals surface area (Å²) in [6, 6.07) is 25.4. The first-order chi connectivity index (χ1) is 12.3. The number of hydrogen-bond acceptors (Lipinski definition) is 3. The van der Waals surface area contributed by atoms with Gasteiger partial charge in [-0.1, -0.05) is 48.5 Å². The molecule has 0 heterocycles. The van der Waals surface area contributed by atoms with Crippen LogP contribution in [0.5, 0.6) is 17.2 Å². The normalized spacial score (nSPS) is 11.0. The Bertz CT molecular complexity index is 837. The molecule has 0 aliphatic heterocycles. The molecular formula is C22H20O3. The Morgan fingerprint density at radius 2 is 1.36 bits per heavy atom. The fourth-order valence-corrected chi connectivity index (χ4v) is 2.42. The van der Waals surface area contributed by atoms with Gasteiger partial charge in [-0.3, -0.25) is 0 Å². The van der Waals surface area contributed by atoms with Gasteiger partial charge in [-0.2, -0.15) is 0 Å². The van der Waals surface area contributed by atoms with E-state index in [1.807, 2.05) is 84.9 Å². The van der Waals surface area contributed by atoms with Crippen LogP contribution in [0, 0.1) is 0 Å². The van der Waals surface area contributed by atoms with Gasteiger partial charge in [0.25, 0.3) is 0 Å². The summed E-state index contributed by atoms with van der Waals surface area (Å²) in [6.45, 7) is 0. The van der Waals surface area contributed by atoms with Gasteiger partial charge in [-0.05, 0) is 35.9 Å². The first kappa shape index (κ1) is 16.7. The summed E-state index contributed by atoms with van der Waals surface area (Å²) in [4.78, 5) is 0. The Balaban J connectivity index is 1.95. The van der Waals surface area contributed by atoms with Crippen molar-refractivity contribution in [2.24, 2.45) is 0 Å². The Kier molecular flexibility index (Phi) is 5.37. The van der Waals surface area contributed by atoms with Gasteiger partial charge in [0.15, 0.2) is 0 Å². The van der Waals surface area contributed by atoms with Gasteiger partial charge >= 0.3 is 0 Å². The highest BCUT2D eigenvalue weighted by Gasteiger charge is 2.06. The molecule has 3 nitrogen and oxygen atoms in total. The second-order valence-corrected chi connectivity index (χ2v) is 5.43. The van der Waals surface area contributed by atoms with Crippen LogP contribution in [0.1, 0.15) is 11.1 Å². The summed E-state index contributed by atoms with van der Waals surface area (Å²) in [5.41, 5.74) is 2.03. The zero-order chi connectivity index (χ0) is 17.5. The third-order valence-electron chi connectivity index (χ3n) is 3.74. The number of rotatable bonds is 6. The first-order valence-electron chi connectivity index (χ1n) is 8.01. The van der Waals surface area contributed by atoms with Gasteiger partial charge in [0.05, 0.1) is 14.2 Å². The third-order valence-corrected chi connectivity index (χ3v) is 3.74. The molecule has 0 spiro atoms. The van der Waals surface area contributed by atoms with E-state index in [9.17, 15) is 0 Å². The van der Waals surface area contributed by atoms with E-state index < -0.39 is 0 Å². The van der Waals surface area contributed by atoms with E-state index in [1.165, 1.54) is 0 Å². The monoisotopic (exact) mass is 332 g/mol. The number of ether oxygens (including phenoxy) is 3. The summed E-state index contributed by atoms with van der Waals surface area (Å²) in [6.07, 6.45) is 2.01. The lowest BCUT2D eigenvalue weighted by molar-refractivity contribution is 0.411. The molecule has 3 rings (SSSR count). The van der Waals surface area contributed by atoms with Gasteiger partial charge in [-0.15, -0.1) is 0 Å². The highest BCUT2D eigenvalue weighted by molar-refractivity contribution is 5.78. The van der Waals surface area contributed by atoms with Crippen LogP contribution in [0.15, 0.2) is 78.9 Å². The van der Waals surface area contributed by atoms with Crippen molar-refractivity contribution in [2.45, 2.75) is 0 Å². The lowest BCUT2D eigenvalue weighted by atomic mass is 10.1. The van der Waals surface area contributed by atoms with Crippen molar-refractivity contribution in [1.82, 2.24) is 0 Å². The topological polar surface area (TPSA) is 27.7 Å². The molecular weight excluding hydrogens is 312 g/mol. The molecule has 0 saturated heterocycles. The number of benzene rings is 3. The van der Waals surface area contributed by atoms with Crippen LogP contribution >= 0.6 is 0 Å². The van der Waals surface area contributed by atoms with Crippen molar-refractivity contribution in [1.29, 1.82) is 0 Å². The summed E-state index contributed by atoms with van der Waals surface area (Å²) < 4.78 is 16.6. The van der Waals surface area contributed by atoms with E-state index >= 15 is 0 Å². The van der Waals surface area contributed by atoms with Crippen molar-refractivity contribution in [3.05, 3.63) is 90.0 Å². The molecule has 0 aromatic heterocycles. The van der Waals surface area contributed by atoms with E-state index in [0.29, 0.717) is 0 Å². The van der Waals surface area contributed by atoms with E-state index in [-0.39, 0.29) is 0 Å². The van der Waals surface area contributed by atoms with Crippen LogP contribution < -0.4 is 14.2 Å². The van der Waals surface area contributed by atoms with Crippen molar-refractivity contribution < 1.29 is 14.2 Å². The second kappa shape index (κ2) is 8.06. The van der Waals surface area contributed by atoms with Crippen LogP contribution in [0.4, 0.5) is 0 Å². The van der Waals surface area contributed by atoms with Crippen molar-refractivity contribution in [3.8, 4) is 17.2 Å². The van der Waals surface area contributed by atoms with Gasteiger partial charge in [0.2, 0.25) is 0 Å². The summed E-state index contributed by atoms with van der Waals surface area (Å²) in [5.74, 6) is 3.07. The average molecular weight is 332 g/mol. The van der Waals surface area contributed by atoms with E-state index in [0.717, 1.165) is 34.1 Å². The summed E-state index contributed by atoms with van der Waals surface area (Å²) in [7, 11) is 3.30. The zero-order valence-corrected chi connectivity index (χ0v) is 14.3. The molecule has 0 N–H and O–H groups in total. The fraction of sp³-hybridized carbons (Fsp3) is 0.0909. The SMILES string of the molecule is COc1ccc(/C=C(\Oc2cccc(OC)c2)c2ccccc2)cc1. The smallest absolute Gasteiger partial charge is 0.135 e. The molecule has 0 unspecified atom stereocenters. The van der Waals surface area contributed by atoms with Crippen LogP contribution in [-0.4, -0.2) is 14.2 Å².